The molecule has 0 saturated carbocycles. The van der Waals surface area contributed by atoms with Crippen LogP contribution >= 0.6 is 0 Å². The van der Waals surface area contributed by atoms with Crippen LogP contribution in [0, 0.1) is 28.9 Å². The van der Waals surface area contributed by atoms with Crippen molar-refractivity contribution in [3.63, 3.8) is 0 Å². The van der Waals surface area contributed by atoms with Gasteiger partial charge in [0.2, 0.25) is 11.9 Å². The highest BCUT2D eigenvalue weighted by molar-refractivity contribution is 5.84. The molecule has 11 heteroatoms. The second kappa shape index (κ2) is 6.98. The number of nitro groups is 1. The summed E-state index contributed by atoms with van der Waals surface area (Å²) in [5.41, 5.74) is 2.78. The predicted molar refractivity (Wildman–Crippen MR) is 81.7 cm³/mol. The zero-order valence-electron chi connectivity index (χ0n) is 13.3. The van der Waals surface area contributed by atoms with Gasteiger partial charge in [0.15, 0.2) is 0 Å². The fourth-order valence-electron chi connectivity index (χ4n) is 1.97. The van der Waals surface area contributed by atoms with Crippen molar-refractivity contribution in [3.8, 4) is 0 Å². The first kappa shape index (κ1) is 17.2. The first-order valence-corrected chi connectivity index (χ1v) is 6.98. The van der Waals surface area contributed by atoms with Crippen molar-refractivity contribution in [3.05, 3.63) is 39.7 Å². The van der Waals surface area contributed by atoms with Crippen LogP contribution in [0.1, 0.15) is 18.2 Å². The van der Waals surface area contributed by atoms with E-state index >= 15 is 0 Å². The lowest BCUT2D eigenvalue weighted by atomic mass is 10.2. The first-order chi connectivity index (χ1) is 11.3. The highest BCUT2D eigenvalue weighted by Crippen LogP contribution is 2.10. The molecule has 0 bridgehead atoms. The molecule has 0 aliphatic carbocycles. The molecule has 0 spiro atoms. The third-order valence-corrected chi connectivity index (χ3v) is 3.30. The molecule has 1 N–H and O–H groups in total. The molecule has 0 aliphatic rings. The van der Waals surface area contributed by atoms with Crippen LogP contribution in [0.15, 0.2) is 17.5 Å². The zero-order chi connectivity index (χ0) is 17.9. The minimum absolute atomic E-state index is 0.148. The SMILES string of the molecule is Cc1nn(C)c(F)c1/C=N\NC(=O)[C@H](C)Cn1cc([N+](=O)[O-])cn1. The Bertz CT molecular complexity index is 796. The van der Waals surface area contributed by atoms with Crippen LogP contribution in [-0.2, 0) is 18.4 Å². The van der Waals surface area contributed by atoms with Crippen LogP contribution < -0.4 is 5.43 Å². The summed E-state index contributed by atoms with van der Waals surface area (Å²) in [5, 5.41) is 22.0. The van der Waals surface area contributed by atoms with E-state index in [1.807, 2.05) is 0 Å². The Morgan fingerprint density at radius 3 is 2.88 bits per heavy atom. The van der Waals surface area contributed by atoms with Gasteiger partial charge in [0, 0.05) is 7.05 Å². The van der Waals surface area contributed by atoms with Gasteiger partial charge in [-0.15, -0.1) is 0 Å². The zero-order valence-corrected chi connectivity index (χ0v) is 13.3. The minimum Gasteiger partial charge on any atom is -0.273 e. The van der Waals surface area contributed by atoms with Crippen LogP contribution in [0.5, 0.6) is 0 Å². The van der Waals surface area contributed by atoms with Gasteiger partial charge in [-0.05, 0) is 6.92 Å². The molecule has 2 aromatic rings. The molecule has 0 saturated heterocycles. The lowest BCUT2D eigenvalue weighted by Crippen LogP contribution is -2.28. The number of aryl methyl sites for hydroxylation is 2. The summed E-state index contributed by atoms with van der Waals surface area (Å²) in [7, 11) is 1.46. The fourth-order valence-corrected chi connectivity index (χ4v) is 1.97. The average molecular weight is 337 g/mol. The molecule has 10 nitrogen and oxygen atoms in total. The highest BCUT2D eigenvalue weighted by Gasteiger charge is 2.16. The molecule has 0 radical (unpaired) electrons. The van der Waals surface area contributed by atoms with Crippen molar-refractivity contribution in [1.29, 1.82) is 0 Å². The Balaban J connectivity index is 1.93. The molecule has 0 aromatic carbocycles. The number of carbonyl (C=O) groups is 1. The van der Waals surface area contributed by atoms with E-state index in [2.05, 4.69) is 20.7 Å². The number of nitrogens with zero attached hydrogens (tertiary/aromatic N) is 6. The Kier molecular flexibility index (Phi) is 5.02. The Morgan fingerprint density at radius 2 is 2.33 bits per heavy atom. The van der Waals surface area contributed by atoms with Gasteiger partial charge in [-0.3, -0.25) is 19.6 Å². The molecule has 2 aromatic heterocycles. The lowest BCUT2D eigenvalue weighted by Gasteiger charge is -2.08. The van der Waals surface area contributed by atoms with E-state index in [1.165, 1.54) is 24.1 Å². The van der Waals surface area contributed by atoms with Crippen molar-refractivity contribution in [2.24, 2.45) is 18.1 Å². The summed E-state index contributed by atoms with van der Waals surface area (Å²) in [4.78, 5) is 22.0. The van der Waals surface area contributed by atoms with Gasteiger partial charge in [0.25, 0.3) is 0 Å². The van der Waals surface area contributed by atoms with Gasteiger partial charge >= 0.3 is 5.69 Å². The Morgan fingerprint density at radius 1 is 1.62 bits per heavy atom. The van der Waals surface area contributed by atoms with Gasteiger partial charge in [-0.2, -0.15) is 19.7 Å². The van der Waals surface area contributed by atoms with Gasteiger partial charge in [0.05, 0.1) is 34.9 Å². The van der Waals surface area contributed by atoms with E-state index in [1.54, 1.807) is 13.8 Å². The van der Waals surface area contributed by atoms with Crippen molar-refractivity contribution in [2.75, 3.05) is 0 Å². The largest absolute Gasteiger partial charge is 0.306 e. The number of hydrogen-bond donors (Lipinski definition) is 1. The van der Waals surface area contributed by atoms with Gasteiger partial charge in [0.1, 0.15) is 12.4 Å². The van der Waals surface area contributed by atoms with Crippen molar-refractivity contribution in [2.45, 2.75) is 20.4 Å². The van der Waals surface area contributed by atoms with Crippen molar-refractivity contribution < 1.29 is 14.1 Å². The molecule has 2 heterocycles. The number of hydrazone groups is 1. The molecular formula is C13H16FN7O3. The van der Waals surface area contributed by atoms with Crippen LogP contribution in [0.4, 0.5) is 10.1 Å². The number of hydrogen-bond acceptors (Lipinski definition) is 6. The molecule has 2 rings (SSSR count). The van der Waals surface area contributed by atoms with E-state index in [0.29, 0.717) is 5.69 Å². The Labute approximate surface area is 136 Å². The molecule has 0 fully saturated rings. The molecule has 1 atom stereocenters. The van der Waals surface area contributed by atoms with E-state index in [9.17, 15) is 19.3 Å². The lowest BCUT2D eigenvalue weighted by molar-refractivity contribution is -0.385. The molecule has 0 unspecified atom stereocenters. The van der Waals surface area contributed by atoms with Crippen LogP contribution in [-0.4, -0.2) is 36.6 Å². The van der Waals surface area contributed by atoms with Gasteiger partial charge < -0.3 is 0 Å². The van der Waals surface area contributed by atoms with Crippen LogP contribution in [0.2, 0.25) is 0 Å². The summed E-state index contributed by atoms with van der Waals surface area (Å²) in [6, 6.07) is 0. The fraction of sp³-hybridized carbons (Fsp3) is 0.385. The molecule has 1 amide bonds. The second-order valence-corrected chi connectivity index (χ2v) is 5.23. The number of aromatic nitrogens is 4. The van der Waals surface area contributed by atoms with E-state index in [4.69, 9.17) is 0 Å². The summed E-state index contributed by atoms with van der Waals surface area (Å²) in [6.07, 6.45) is 3.53. The summed E-state index contributed by atoms with van der Waals surface area (Å²) < 4.78 is 16.1. The second-order valence-electron chi connectivity index (χ2n) is 5.23. The number of carbonyl (C=O) groups excluding carboxylic acids is 1. The first-order valence-electron chi connectivity index (χ1n) is 6.98. The number of rotatable bonds is 6. The summed E-state index contributed by atoms with van der Waals surface area (Å²) in [5.74, 6) is -1.52. The monoisotopic (exact) mass is 337 g/mol. The van der Waals surface area contributed by atoms with Crippen LogP contribution in [0.3, 0.4) is 0 Å². The number of nitrogens with one attached hydrogen (secondary N) is 1. The molecule has 24 heavy (non-hydrogen) atoms. The average Bonchev–Trinajstić information content (AvgIpc) is 3.07. The smallest absolute Gasteiger partial charge is 0.273 e. The topological polar surface area (TPSA) is 120 Å². The van der Waals surface area contributed by atoms with Gasteiger partial charge in [-0.25, -0.2) is 10.1 Å². The standard InChI is InChI=1S/C13H16FN7O3/c1-8(6-20-7-10(4-16-20)21(23)24)13(22)17-15-5-11-9(2)18-19(3)12(11)14/h4-5,7-8H,6H2,1-3H3,(H,17,22)/b15-5-/t8-/m1/s1. The molecule has 0 aliphatic heterocycles. The summed E-state index contributed by atoms with van der Waals surface area (Å²) >= 11 is 0. The summed E-state index contributed by atoms with van der Waals surface area (Å²) in [6.45, 7) is 3.39. The minimum atomic E-state index is -0.566. The maximum atomic E-state index is 13.7. The quantitative estimate of drug-likeness (QED) is 0.474. The Hall–Kier alpha value is -3.11. The maximum Gasteiger partial charge on any atom is 0.306 e. The highest BCUT2D eigenvalue weighted by atomic mass is 19.1. The number of amides is 1. The van der Waals surface area contributed by atoms with Gasteiger partial charge in [-0.1, -0.05) is 6.92 Å². The number of halogens is 1. The van der Waals surface area contributed by atoms with E-state index in [-0.39, 0.29) is 17.8 Å². The predicted octanol–water partition coefficient (Wildman–Crippen LogP) is 0.759. The van der Waals surface area contributed by atoms with Crippen LogP contribution in [0.25, 0.3) is 0 Å². The molecule has 128 valence electrons. The third-order valence-electron chi connectivity index (χ3n) is 3.30. The van der Waals surface area contributed by atoms with E-state index in [0.717, 1.165) is 10.9 Å². The van der Waals surface area contributed by atoms with E-state index < -0.39 is 22.7 Å². The van der Waals surface area contributed by atoms with Crippen molar-refractivity contribution in [1.82, 2.24) is 25.0 Å². The van der Waals surface area contributed by atoms with Crippen molar-refractivity contribution >= 4 is 17.8 Å². The maximum absolute atomic E-state index is 13.7. The molecular weight excluding hydrogens is 321 g/mol. The normalized spacial score (nSPS) is 12.5. The third kappa shape index (κ3) is 3.80.